The molecule has 0 aromatic heterocycles. The number of hydrogen-bond donors (Lipinski definition) is 0. The summed E-state index contributed by atoms with van der Waals surface area (Å²) in [5.74, 6) is 1.95. The van der Waals surface area contributed by atoms with Crippen LogP contribution < -0.4 is 9.47 Å². The molecule has 0 aliphatic heterocycles. The predicted octanol–water partition coefficient (Wildman–Crippen LogP) is 5.81. The van der Waals surface area contributed by atoms with Gasteiger partial charge in [0.2, 0.25) is 0 Å². The summed E-state index contributed by atoms with van der Waals surface area (Å²) in [7, 11) is 1.51. The highest BCUT2D eigenvalue weighted by Crippen LogP contribution is 2.73. The quantitative estimate of drug-likeness (QED) is 0.329. The molecule has 5 atom stereocenters. The van der Waals surface area contributed by atoms with Crippen LogP contribution in [0, 0.1) is 28.6 Å². The average molecular weight is 441 g/mol. The van der Waals surface area contributed by atoms with E-state index in [1.54, 1.807) is 24.3 Å². The highest BCUT2D eigenvalue weighted by molar-refractivity contribution is 5.87. The molecule has 1 aromatic rings. The van der Waals surface area contributed by atoms with E-state index in [-0.39, 0.29) is 11.4 Å². The highest BCUT2D eigenvalue weighted by atomic mass is 16.6. The molecular weight excluding hydrogens is 404 g/mol. The first kappa shape index (κ1) is 22.9. The van der Waals surface area contributed by atoms with E-state index in [1.165, 1.54) is 39.4 Å². The molecule has 0 heterocycles. The fourth-order valence-electron chi connectivity index (χ4n) is 7.44. The second kappa shape index (κ2) is 7.93. The molecule has 0 unspecified atom stereocenters. The zero-order chi connectivity index (χ0) is 23.3. The van der Waals surface area contributed by atoms with Gasteiger partial charge in [0.15, 0.2) is 11.5 Å². The van der Waals surface area contributed by atoms with Crippen molar-refractivity contribution in [1.29, 1.82) is 0 Å². The summed E-state index contributed by atoms with van der Waals surface area (Å²) in [5, 5.41) is 0. The molecule has 0 N–H and O–H groups in total. The zero-order valence-corrected chi connectivity index (χ0v) is 20.2. The van der Waals surface area contributed by atoms with Crippen LogP contribution in [0.4, 0.5) is 0 Å². The van der Waals surface area contributed by atoms with Crippen LogP contribution in [0.1, 0.15) is 72.3 Å². The maximum Gasteiger partial charge on any atom is 0.331 e. The summed E-state index contributed by atoms with van der Waals surface area (Å²) in [6.45, 7) is 10.7. The monoisotopic (exact) mass is 440 g/mol. The Morgan fingerprint density at radius 1 is 1.06 bits per heavy atom. The first-order valence-corrected chi connectivity index (χ1v) is 11.8. The van der Waals surface area contributed by atoms with Crippen molar-refractivity contribution in [2.45, 2.75) is 72.3 Å². The van der Waals surface area contributed by atoms with E-state index >= 15 is 0 Å². The summed E-state index contributed by atoms with van der Waals surface area (Å²) in [5.41, 5.74) is 0.958. The van der Waals surface area contributed by atoms with Crippen LogP contribution in [-0.4, -0.2) is 24.6 Å². The minimum atomic E-state index is -0.433. The lowest BCUT2D eigenvalue weighted by Crippen LogP contribution is -2.47. The van der Waals surface area contributed by atoms with Gasteiger partial charge in [0, 0.05) is 18.9 Å². The molecule has 3 fully saturated rings. The van der Waals surface area contributed by atoms with Crippen molar-refractivity contribution < 1.29 is 23.8 Å². The number of benzene rings is 1. The molecule has 3 saturated carbocycles. The molecule has 0 radical (unpaired) electrons. The lowest BCUT2D eigenvalue weighted by molar-refractivity contribution is -0.167. The molecule has 3 aliphatic carbocycles. The van der Waals surface area contributed by atoms with Crippen LogP contribution in [0.25, 0.3) is 6.08 Å². The van der Waals surface area contributed by atoms with Gasteiger partial charge in [0.05, 0.1) is 7.11 Å². The summed E-state index contributed by atoms with van der Waals surface area (Å²) in [6, 6.07) is 5.17. The predicted molar refractivity (Wildman–Crippen MR) is 123 cm³/mol. The van der Waals surface area contributed by atoms with Crippen LogP contribution in [0.15, 0.2) is 24.3 Å². The van der Waals surface area contributed by atoms with Crippen LogP contribution in [0.5, 0.6) is 11.5 Å². The van der Waals surface area contributed by atoms with Crippen LogP contribution >= 0.6 is 0 Å². The van der Waals surface area contributed by atoms with Gasteiger partial charge in [-0.3, -0.25) is 4.79 Å². The molecule has 1 spiro atoms. The van der Waals surface area contributed by atoms with Gasteiger partial charge < -0.3 is 14.2 Å². The van der Waals surface area contributed by atoms with Gasteiger partial charge in [0.25, 0.3) is 0 Å². The first-order valence-electron chi connectivity index (χ1n) is 11.8. The minimum absolute atomic E-state index is 0.180. The molecule has 32 heavy (non-hydrogen) atoms. The number of methoxy groups -OCH3 is 1. The first-order chi connectivity index (χ1) is 15.0. The van der Waals surface area contributed by atoms with Crippen molar-refractivity contribution in [3.05, 3.63) is 29.8 Å². The van der Waals surface area contributed by atoms with Crippen molar-refractivity contribution in [3.8, 4) is 11.5 Å². The topological polar surface area (TPSA) is 61.8 Å². The number of hydrogen-bond acceptors (Lipinski definition) is 5. The van der Waals surface area contributed by atoms with E-state index in [4.69, 9.17) is 14.2 Å². The third kappa shape index (κ3) is 3.64. The Morgan fingerprint density at radius 2 is 1.81 bits per heavy atom. The fraction of sp³-hybridized carbons (Fsp3) is 0.630. The molecular formula is C27H36O5. The van der Waals surface area contributed by atoms with E-state index in [1.807, 2.05) is 0 Å². The van der Waals surface area contributed by atoms with Gasteiger partial charge in [-0.2, -0.15) is 0 Å². The number of carbonyl (C=O) groups is 2. The normalized spacial score (nSPS) is 34.9. The molecule has 0 saturated heterocycles. The Kier molecular flexibility index (Phi) is 5.67. The molecule has 3 aliphatic rings. The maximum atomic E-state index is 12.8. The Bertz CT molecular complexity index is 947. The minimum Gasteiger partial charge on any atom is -0.493 e. The largest absolute Gasteiger partial charge is 0.493 e. The summed E-state index contributed by atoms with van der Waals surface area (Å²) >= 11 is 0. The zero-order valence-electron chi connectivity index (χ0n) is 20.2. The SMILES string of the molecule is COc1cc(/C=C/C(=O)O[C@]2(C)CC[C@@]34C[C@@H]2C(C)(C)[C@@H]3CC[C@H]4C)ccc1OC(C)=O. The Labute approximate surface area is 191 Å². The maximum absolute atomic E-state index is 12.8. The molecule has 174 valence electrons. The number of esters is 2. The Balaban J connectivity index is 1.48. The van der Waals surface area contributed by atoms with Crippen molar-refractivity contribution >= 4 is 18.0 Å². The van der Waals surface area contributed by atoms with Crippen LogP contribution in [0.3, 0.4) is 0 Å². The highest BCUT2D eigenvalue weighted by Gasteiger charge is 2.68. The van der Waals surface area contributed by atoms with Crippen molar-refractivity contribution in [3.63, 3.8) is 0 Å². The van der Waals surface area contributed by atoms with Crippen molar-refractivity contribution in [2.75, 3.05) is 7.11 Å². The summed E-state index contributed by atoms with van der Waals surface area (Å²) < 4.78 is 16.6. The molecule has 2 bridgehead atoms. The second-order valence-corrected chi connectivity index (χ2v) is 10.9. The Morgan fingerprint density at radius 3 is 2.50 bits per heavy atom. The third-order valence-corrected chi connectivity index (χ3v) is 8.96. The smallest absolute Gasteiger partial charge is 0.331 e. The number of rotatable bonds is 5. The lowest BCUT2D eigenvalue weighted by Gasteiger charge is -2.46. The van der Waals surface area contributed by atoms with Gasteiger partial charge >= 0.3 is 11.9 Å². The average Bonchev–Trinajstić information content (AvgIpc) is 3.15. The molecule has 4 rings (SSSR count). The van der Waals surface area contributed by atoms with E-state index < -0.39 is 11.6 Å². The molecule has 5 nitrogen and oxygen atoms in total. The van der Waals surface area contributed by atoms with Gasteiger partial charge in [-0.1, -0.05) is 26.8 Å². The van der Waals surface area contributed by atoms with Crippen molar-refractivity contribution in [2.24, 2.45) is 28.6 Å². The van der Waals surface area contributed by atoms with Crippen molar-refractivity contribution in [1.82, 2.24) is 0 Å². The number of ether oxygens (including phenoxy) is 3. The van der Waals surface area contributed by atoms with Gasteiger partial charge in [0.1, 0.15) is 5.60 Å². The van der Waals surface area contributed by atoms with Gasteiger partial charge in [-0.25, -0.2) is 4.79 Å². The Hall–Kier alpha value is -2.30. The fourth-order valence-corrected chi connectivity index (χ4v) is 7.44. The van der Waals surface area contributed by atoms with Gasteiger partial charge in [-0.15, -0.1) is 0 Å². The summed E-state index contributed by atoms with van der Waals surface area (Å²) in [6.07, 6.45) is 9.11. The molecule has 0 amide bonds. The molecule has 1 aromatic carbocycles. The number of fused-ring (bicyclic) bond motifs is 1. The summed E-state index contributed by atoms with van der Waals surface area (Å²) in [4.78, 5) is 24.1. The second-order valence-electron chi connectivity index (χ2n) is 10.9. The van der Waals surface area contributed by atoms with Gasteiger partial charge in [-0.05, 0) is 85.5 Å². The van der Waals surface area contributed by atoms with E-state index in [9.17, 15) is 9.59 Å². The molecule has 5 heteroatoms. The van der Waals surface area contributed by atoms with Crippen LogP contribution in [0.2, 0.25) is 0 Å². The lowest BCUT2D eigenvalue weighted by atomic mass is 9.64. The third-order valence-electron chi connectivity index (χ3n) is 8.96. The van der Waals surface area contributed by atoms with E-state index in [2.05, 4.69) is 27.7 Å². The number of carbonyl (C=O) groups excluding carboxylic acids is 2. The van der Waals surface area contributed by atoms with E-state index in [0.29, 0.717) is 22.8 Å². The standard InChI is InChI=1S/C27H36O5/c1-17-7-11-22-25(3,4)23-16-27(17,22)14-13-26(23,5)32-24(29)12-9-19-8-10-20(31-18(2)28)21(15-19)30-6/h8-10,12,15,17,22-23H,7,11,13-14,16H2,1-6H3/b12-9+/t17-,22+,23-,26-,27+/m1/s1. The van der Waals surface area contributed by atoms with Crippen LogP contribution in [-0.2, 0) is 14.3 Å². The van der Waals surface area contributed by atoms with E-state index in [0.717, 1.165) is 30.2 Å².